The average Bonchev–Trinajstić information content (AvgIpc) is 3.32. The zero-order chi connectivity index (χ0) is 20.4. The first-order valence-corrected chi connectivity index (χ1v) is 11.3. The summed E-state index contributed by atoms with van der Waals surface area (Å²) in [6.45, 7) is 3.94. The van der Waals surface area contributed by atoms with Gasteiger partial charge in [-0.3, -0.25) is 9.69 Å². The molecule has 1 amide bonds. The van der Waals surface area contributed by atoms with Gasteiger partial charge in [0.05, 0.1) is 0 Å². The van der Waals surface area contributed by atoms with E-state index in [1.807, 2.05) is 6.07 Å². The Bertz CT molecular complexity index is 968. The lowest BCUT2D eigenvalue weighted by molar-refractivity contribution is -0.123. The molecule has 1 saturated carbocycles. The van der Waals surface area contributed by atoms with Crippen molar-refractivity contribution in [3.8, 4) is 0 Å². The van der Waals surface area contributed by atoms with Crippen LogP contribution in [-0.2, 0) is 17.8 Å². The molecular formula is C26H31N3O. The van der Waals surface area contributed by atoms with Crippen molar-refractivity contribution >= 4 is 16.8 Å². The molecule has 30 heavy (non-hydrogen) atoms. The Balaban J connectivity index is 1.05. The van der Waals surface area contributed by atoms with Gasteiger partial charge in [-0.1, -0.05) is 48.5 Å². The molecule has 4 nitrogen and oxygen atoms in total. The highest BCUT2D eigenvalue weighted by molar-refractivity contribution is 5.82. The molecule has 0 bridgehead atoms. The molecule has 1 aromatic heterocycles. The van der Waals surface area contributed by atoms with E-state index < -0.39 is 0 Å². The van der Waals surface area contributed by atoms with Gasteiger partial charge in [-0.15, -0.1) is 0 Å². The van der Waals surface area contributed by atoms with Crippen LogP contribution in [0.15, 0.2) is 60.7 Å². The molecule has 1 atom stereocenters. The minimum Gasteiger partial charge on any atom is -0.357 e. The van der Waals surface area contributed by atoms with E-state index in [1.54, 1.807) is 0 Å². The van der Waals surface area contributed by atoms with Gasteiger partial charge in [-0.2, -0.15) is 0 Å². The number of para-hydroxylation sites is 1. The largest absolute Gasteiger partial charge is 0.357 e. The lowest BCUT2D eigenvalue weighted by atomic mass is 9.90. The second kappa shape index (κ2) is 8.27. The molecule has 2 N–H and O–H groups in total. The molecule has 1 saturated heterocycles. The highest BCUT2D eigenvalue weighted by atomic mass is 16.2. The third-order valence-electron chi connectivity index (χ3n) is 7.12. The fraction of sp³-hybridized carbons (Fsp3) is 0.423. The number of aromatic amines is 1. The Morgan fingerprint density at radius 3 is 2.63 bits per heavy atom. The summed E-state index contributed by atoms with van der Waals surface area (Å²) in [6, 6.07) is 21.2. The number of hydrogen-bond donors (Lipinski definition) is 2. The number of hydrogen-bond acceptors (Lipinski definition) is 2. The van der Waals surface area contributed by atoms with Gasteiger partial charge < -0.3 is 10.3 Å². The highest BCUT2D eigenvalue weighted by Crippen LogP contribution is 2.59. The number of nitrogens with one attached hydrogen (secondary N) is 2. The van der Waals surface area contributed by atoms with E-state index in [1.165, 1.54) is 22.2 Å². The first-order chi connectivity index (χ1) is 14.7. The molecule has 1 aliphatic carbocycles. The maximum absolute atomic E-state index is 12.6. The van der Waals surface area contributed by atoms with Crippen LogP contribution < -0.4 is 5.32 Å². The van der Waals surface area contributed by atoms with Crippen LogP contribution in [0.3, 0.4) is 0 Å². The Hall–Kier alpha value is -2.59. The van der Waals surface area contributed by atoms with E-state index in [9.17, 15) is 4.79 Å². The van der Waals surface area contributed by atoms with E-state index in [0.717, 1.165) is 58.3 Å². The summed E-state index contributed by atoms with van der Waals surface area (Å²) in [5.74, 6) is 0.525. The highest BCUT2D eigenvalue weighted by Gasteiger charge is 2.58. The third kappa shape index (κ3) is 4.15. The number of nitrogens with zero attached hydrogens (tertiary/aromatic N) is 1. The first-order valence-electron chi connectivity index (χ1n) is 11.3. The summed E-state index contributed by atoms with van der Waals surface area (Å²) in [5.41, 5.74) is 4.13. The Morgan fingerprint density at radius 2 is 1.83 bits per heavy atom. The van der Waals surface area contributed by atoms with Crippen molar-refractivity contribution in [3.05, 3.63) is 71.9 Å². The Labute approximate surface area is 178 Å². The quantitative estimate of drug-likeness (QED) is 0.572. The number of aromatic nitrogens is 1. The van der Waals surface area contributed by atoms with E-state index in [2.05, 4.69) is 69.8 Å². The van der Waals surface area contributed by atoms with Gasteiger partial charge in [-0.25, -0.2) is 0 Å². The number of aryl methyl sites for hydroxylation is 1. The van der Waals surface area contributed by atoms with Gasteiger partial charge in [0.25, 0.3) is 0 Å². The second-order valence-corrected chi connectivity index (χ2v) is 9.16. The van der Waals surface area contributed by atoms with Crippen molar-refractivity contribution in [1.29, 1.82) is 0 Å². The predicted octanol–water partition coefficient (Wildman–Crippen LogP) is 4.52. The SMILES string of the molecule is O=C(NCCCc1ccccc1)C1CC12CCN(Cc1cc3ccccc3[nH]1)CC2. The number of likely N-dealkylation sites (tertiary alicyclic amines) is 1. The standard InChI is InChI=1S/C26H31N3O/c30-25(27-14-6-9-20-7-2-1-3-8-20)23-18-26(23)12-15-29(16-13-26)19-22-17-21-10-4-5-11-24(21)28-22/h1-5,7-8,10-11,17,23,28H,6,9,12-16,18-19H2,(H,27,30). The predicted molar refractivity (Wildman–Crippen MR) is 121 cm³/mol. The van der Waals surface area contributed by atoms with Crippen molar-refractivity contribution in [2.45, 2.75) is 38.6 Å². The smallest absolute Gasteiger partial charge is 0.223 e. The maximum atomic E-state index is 12.6. The minimum atomic E-state index is 0.240. The van der Waals surface area contributed by atoms with Crippen LogP contribution in [0.4, 0.5) is 0 Å². The first kappa shape index (κ1) is 19.4. The van der Waals surface area contributed by atoms with Crippen molar-refractivity contribution in [2.75, 3.05) is 19.6 Å². The lowest BCUT2D eigenvalue weighted by Crippen LogP contribution is -2.37. The number of piperidine rings is 1. The molecule has 1 aliphatic heterocycles. The molecule has 2 fully saturated rings. The molecule has 1 spiro atoms. The van der Waals surface area contributed by atoms with Gasteiger partial charge in [0.2, 0.25) is 5.91 Å². The molecule has 2 aromatic carbocycles. The monoisotopic (exact) mass is 401 g/mol. The molecule has 3 aromatic rings. The van der Waals surface area contributed by atoms with E-state index in [-0.39, 0.29) is 17.2 Å². The summed E-state index contributed by atoms with van der Waals surface area (Å²) in [7, 11) is 0. The summed E-state index contributed by atoms with van der Waals surface area (Å²) in [5, 5.41) is 4.48. The zero-order valence-electron chi connectivity index (χ0n) is 17.6. The van der Waals surface area contributed by atoms with Crippen molar-refractivity contribution < 1.29 is 4.79 Å². The zero-order valence-corrected chi connectivity index (χ0v) is 17.6. The van der Waals surface area contributed by atoms with Crippen LogP contribution >= 0.6 is 0 Å². The lowest BCUT2D eigenvalue weighted by Gasteiger charge is -2.32. The van der Waals surface area contributed by atoms with Gasteiger partial charge >= 0.3 is 0 Å². The van der Waals surface area contributed by atoms with Crippen LogP contribution in [0.2, 0.25) is 0 Å². The van der Waals surface area contributed by atoms with Crippen LogP contribution in [-0.4, -0.2) is 35.4 Å². The van der Waals surface area contributed by atoms with Crippen molar-refractivity contribution in [3.63, 3.8) is 0 Å². The van der Waals surface area contributed by atoms with Crippen molar-refractivity contribution in [1.82, 2.24) is 15.2 Å². The van der Waals surface area contributed by atoms with Crippen LogP contribution in [0.25, 0.3) is 10.9 Å². The van der Waals surface area contributed by atoms with Gasteiger partial charge in [-0.05, 0) is 73.7 Å². The Morgan fingerprint density at radius 1 is 1.07 bits per heavy atom. The molecule has 2 aliphatic rings. The molecular weight excluding hydrogens is 370 g/mol. The number of carbonyl (C=O) groups is 1. The van der Waals surface area contributed by atoms with Crippen LogP contribution in [0.1, 0.15) is 36.9 Å². The average molecular weight is 402 g/mol. The molecule has 156 valence electrons. The molecule has 1 unspecified atom stereocenters. The van der Waals surface area contributed by atoms with E-state index in [4.69, 9.17) is 0 Å². The fourth-order valence-electron chi connectivity index (χ4n) is 5.16. The van der Waals surface area contributed by atoms with Crippen LogP contribution in [0.5, 0.6) is 0 Å². The third-order valence-corrected chi connectivity index (χ3v) is 7.12. The van der Waals surface area contributed by atoms with Crippen LogP contribution in [0, 0.1) is 11.3 Å². The van der Waals surface area contributed by atoms with Gasteiger partial charge in [0.15, 0.2) is 0 Å². The number of fused-ring (bicyclic) bond motifs is 1. The van der Waals surface area contributed by atoms with E-state index >= 15 is 0 Å². The topological polar surface area (TPSA) is 48.1 Å². The van der Waals surface area contributed by atoms with Crippen molar-refractivity contribution in [2.24, 2.45) is 11.3 Å². The molecule has 5 rings (SSSR count). The molecule has 0 radical (unpaired) electrons. The normalized spacial score (nSPS) is 20.5. The molecule has 4 heteroatoms. The number of rotatable bonds is 7. The fourth-order valence-corrected chi connectivity index (χ4v) is 5.16. The van der Waals surface area contributed by atoms with E-state index in [0.29, 0.717) is 0 Å². The second-order valence-electron chi connectivity index (χ2n) is 9.16. The molecule has 2 heterocycles. The van der Waals surface area contributed by atoms with Gasteiger partial charge in [0, 0.05) is 30.2 Å². The minimum absolute atomic E-state index is 0.240. The number of amides is 1. The summed E-state index contributed by atoms with van der Waals surface area (Å²) < 4.78 is 0. The number of carbonyl (C=O) groups excluding carboxylic acids is 1. The number of benzene rings is 2. The van der Waals surface area contributed by atoms with Gasteiger partial charge in [0.1, 0.15) is 0 Å². The summed E-state index contributed by atoms with van der Waals surface area (Å²) >= 11 is 0. The summed E-state index contributed by atoms with van der Waals surface area (Å²) in [6.07, 6.45) is 5.41. The maximum Gasteiger partial charge on any atom is 0.223 e. The Kier molecular flexibility index (Phi) is 5.34. The summed E-state index contributed by atoms with van der Waals surface area (Å²) in [4.78, 5) is 18.7. The number of H-pyrrole nitrogens is 1.